The Bertz CT molecular complexity index is 594. The lowest BCUT2D eigenvalue weighted by Gasteiger charge is -2.32. The number of nitrogens with two attached hydrogens (primary N) is 1. The number of nitrogen functional groups attached to an aromatic ring is 1. The van der Waals surface area contributed by atoms with Crippen molar-refractivity contribution in [3.05, 3.63) is 30.5 Å². The number of benzene rings is 1. The molecule has 3 rings (SSSR count). The smallest absolute Gasteiger partial charge is 0.0951 e. The fourth-order valence-electron chi connectivity index (χ4n) is 3.35. The molecule has 0 bridgehead atoms. The highest BCUT2D eigenvalue weighted by molar-refractivity contribution is 5.98. The van der Waals surface area contributed by atoms with E-state index in [0.717, 1.165) is 17.7 Å². The van der Waals surface area contributed by atoms with Gasteiger partial charge in [0.1, 0.15) is 0 Å². The highest BCUT2D eigenvalue weighted by Gasteiger charge is 2.21. The molecule has 3 nitrogen and oxygen atoms in total. The summed E-state index contributed by atoms with van der Waals surface area (Å²) in [6.07, 6.45) is 8.36. The number of nitrogens with zero attached hydrogens (tertiary/aromatic N) is 2. The Hall–Kier alpha value is -1.77. The van der Waals surface area contributed by atoms with Gasteiger partial charge >= 0.3 is 0 Å². The Labute approximate surface area is 120 Å². The number of hydrogen-bond acceptors (Lipinski definition) is 3. The molecule has 1 aliphatic heterocycles. The van der Waals surface area contributed by atoms with E-state index in [4.69, 9.17) is 5.73 Å². The minimum absolute atomic E-state index is 0.643. The SMILES string of the molecule is CCC1CCCCCN1c1ccnc2c(N)cccc12. The van der Waals surface area contributed by atoms with Crippen LogP contribution in [-0.4, -0.2) is 17.6 Å². The van der Waals surface area contributed by atoms with E-state index in [9.17, 15) is 0 Å². The van der Waals surface area contributed by atoms with Gasteiger partial charge in [0, 0.05) is 29.9 Å². The highest BCUT2D eigenvalue weighted by atomic mass is 15.2. The van der Waals surface area contributed by atoms with Crippen LogP contribution in [0.25, 0.3) is 10.9 Å². The maximum absolute atomic E-state index is 6.07. The normalized spacial score (nSPS) is 20.1. The molecule has 0 amide bonds. The minimum Gasteiger partial charge on any atom is -0.397 e. The van der Waals surface area contributed by atoms with Crippen LogP contribution in [-0.2, 0) is 0 Å². The molecule has 1 atom stereocenters. The van der Waals surface area contributed by atoms with Crippen molar-refractivity contribution in [3.8, 4) is 0 Å². The van der Waals surface area contributed by atoms with E-state index in [1.165, 1.54) is 43.2 Å². The summed E-state index contributed by atoms with van der Waals surface area (Å²) in [5, 5.41) is 1.19. The van der Waals surface area contributed by atoms with Crippen molar-refractivity contribution in [3.63, 3.8) is 0 Å². The van der Waals surface area contributed by atoms with E-state index in [1.807, 2.05) is 18.3 Å². The van der Waals surface area contributed by atoms with Crippen molar-refractivity contribution in [2.24, 2.45) is 0 Å². The van der Waals surface area contributed by atoms with Crippen LogP contribution < -0.4 is 10.6 Å². The van der Waals surface area contributed by atoms with Crippen LogP contribution in [0.4, 0.5) is 11.4 Å². The van der Waals surface area contributed by atoms with E-state index < -0.39 is 0 Å². The van der Waals surface area contributed by atoms with Gasteiger partial charge in [0.25, 0.3) is 0 Å². The summed E-state index contributed by atoms with van der Waals surface area (Å²) in [6.45, 7) is 3.44. The number of hydrogen-bond donors (Lipinski definition) is 1. The molecule has 2 heterocycles. The van der Waals surface area contributed by atoms with Crippen LogP contribution in [0.3, 0.4) is 0 Å². The molecule has 1 aliphatic rings. The van der Waals surface area contributed by atoms with Crippen molar-refractivity contribution in [1.29, 1.82) is 0 Å². The summed E-state index contributed by atoms with van der Waals surface area (Å²) in [7, 11) is 0. The molecular formula is C17H23N3. The van der Waals surface area contributed by atoms with Crippen LogP contribution in [0.1, 0.15) is 39.0 Å². The highest BCUT2D eigenvalue weighted by Crippen LogP contribution is 2.32. The Kier molecular flexibility index (Phi) is 3.77. The predicted molar refractivity (Wildman–Crippen MR) is 86.0 cm³/mol. The van der Waals surface area contributed by atoms with Gasteiger partial charge in [-0.25, -0.2) is 0 Å². The zero-order valence-corrected chi connectivity index (χ0v) is 12.2. The molecule has 1 unspecified atom stereocenters. The average Bonchev–Trinajstić information content (AvgIpc) is 2.72. The van der Waals surface area contributed by atoms with Crippen LogP contribution in [0.5, 0.6) is 0 Å². The number of aromatic nitrogens is 1. The molecule has 0 spiro atoms. The van der Waals surface area contributed by atoms with Gasteiger partial charge in [0.05, 0.1) is 11.2 Å². The Morgan fingerprint density at radius 2 is 2.15 bits per heavy atom. The quantitative estimate of drug-likeness (QED) is 0.839. The van der Waals surface area contributed by atoms with Gasteiger partial charge < -0.3 is 10.6 Å². The van der Waals surface area contributed by atoms with Crippen LogP contribution in [0.15, 0.2) is 30.5 Å². The second-order valence-electron chi connectivity index (χ2n) is 5.68. The van der Waals surface area contributed by atoms with Gasteiger partial charge in [0.15, 0.2) is 0 Å². The fourth-order valence-corrected chi connectivity index (χ4v) is 3.35. The summed E-state index contributed by atoms with van der Waals surface area (Å²) in [5.41, 5.74) is 9.08. The lowest BCUT2D eigenvalue weighted by molar-refractivity contribution is 0.557. The standard InChI is InChI=1S/C17H23N3/c1-2-13-7-4-3-5-12-20(13)16-10-11-19-17-14(16)8-6-9-15(17)18/h6,8-11,13H,2-5,7,12,18H2,1H3. The maximum Gasteiger partial charge on any atom is 0.0951 e. The first-order chi connectivity index (χ1) is 9.81. The van der Waals surface area contributed by atoms with E-state index in [2.05, 4.69) is 28.9 Å². The maximum atomic E-state index is 6.07. The number of pyridine rings is 1. The molecule has 3 heteroatoms. The topological polar surface area (TPSA) is 42.2 Å². The minimum atomic E-state index is 0.643. The van der Waals surface area contributed by atoms with Gasteiger partial charge in [-0.2, -0.15) is 0 Å². The third-order valence-corrected chi connectivity index (χ3v) is 4.44. The van der Waals surface area contributed by atoms with Crippen molar-refractivity contribution < 1.29 is 0 Å². The van der Waals surface area contributed by atoms with Crippen molar-refractivity contribution in [1.82, 2.24) is 4.98 Å². The van der Waals surface area contributed by atoms with Gasteiger partial charge in [-0.3, -0.25) is 4.98 Å². The molecule has 1 fully saturated rings. The van der Waals surface area contributed by atoms with Crippen molar-refractivity contribution >= 4 is 22.3 Å². The first kappa shape index (κ1) is 13.2. The van der Waals surface area contributed by atoms with E-state index in [-0.39, 0.29) is 0 Å². The monoisotopic (exact) mass is 269 g/mol. The molecule has 1 aromatic carbocycles. The molecule has 2 N–H and O–H groups in total. The first-order valence-corrected chi connectivity index (χ1v) is 7.71. The third kappa shape index (κ3) is 2.33. The van der Waals surface area contributed by atoms with Crippen LogP contribution in [0, 0.1) is 0 Å². The molecule has 1 saturated heterocycles. The summed E-state index contributed by atoms with van der Waals surface area (Å²) in [5.74, 6) is 0. The van der Waals surface area contributed by atoms with Gasteiger partial charge in [-0.1, -0.05) is 31.9 Å². The van der Waals surface area contributed by atoms with Gasteiger partial charge in [-0.15, -0.1) is 0 Å². The number of anilines is 2. The molecule has 1 aromatic heterocycles. The molecule has 0 saturated carbocycles. The second-order valence-corrected chi connectivity index (χ2v) is 5.68. The Morgan fingerprint density at radius 3 is 3.00 bits per heavy atom. The molecule has 20 heavy (non-hydrogen) atoms. The average molecular weight is 269 g/mol. The lowest BCUT2D eigenvalue weighted by atomic mass is 10.1. The summed E-state index contributed by atoms with van der Waals surface area (Å²) >= 11 is 0. The zero-order chi connectivity index (χ0) is 13.9. The Balaban J connectivity index is 2.10. The van der Waals surface area contributed by atoms with Crippen LogP contribution in [0.2, 0.25) is 0 Å². The van der Waals surface area contributed by atoms with Crippen LogP contribution >= 0.6 is 0 Å². The molecule has 0 radical (unpaired) electrons. The summed E-state index contributed by atoms with van der Waals surface area (Å²) < 4.78 is 0. The van der Waals surface area contributed by atoms with Gasteiger partial charge in [0.2, 0.25) is 0 Å². The molecule has 106 valence electrons. The lowest BCUT2D eigenvalue weighted by Crippen LogP contribution is -2.34. The molecule has 0 aliphatic carbocycles. The Morgan fingerprint density at radius 1 is 1.25 bits per heavy atom. The van der Waals surface area contributed by atoms with E-state index in [0.29, 0.717) is 6.04 Å². The predicted octanol–water partition coefficient (Wildman–Crippen LogP) is 3.98. The van der Waals surface area contributed by atoms with Crippen molar-refractivity contribution in [2.75, 3.05) is 17.2 Å². The summed E-state index contributed by atoms with van der Waals surface area (Å²) in [6, 6.07) is 8.89. The summed E-state index contributed by atoms with van der Waals surface area (Å²) in [4.78, 5) is 7.04. The molecular weight excluding hydrogens is 246 g/mol. The second kappa shape index (κ2) is 5.70. The molecule has 2 aromatic rings. The largest absolute Gasteiger partial charge is 0.397 e. The van der Waals surface area contributed by atoms with E-state index >= 15 is 0 Å². The third-order valence-electron chi connectivity index (χ3n) is 4.44. The number of fused-ring (bicyclic) bond motifs is 1. The zero-order valence-electron chi connectivity index (χ0n) is 12.2. The van der Waals surface area contributed by atoms with Crippen molar-refractivity contribution in [2.45, 2.75) is 45.1 Å². The number of para-hydroxylation sites is 1. The van der Waals surface area contributed by atoms with E-state index in [1.54, 1.807) is 0 Å². The fraction of sp³-hybridized carbons (Fsp3) is 0.471. The van der Waals surface area contributed by atoms with Gasteiger partial charge in [-0.05, 0) is 31.4 Å². The first-order valence-electron chi connectivity index (χ1n) is 7.71. The number of rotatable bonds is 2.